The fourth-order valence-electron chi connectivity index (χ4n) is 1.05. The zero-order valence-electron chi connectivity index (χ0n) is 9.24. The van der Waals surface area contributed by atoms with E-state index in [9.17, 15) is 21.6 Å². The Balaban J connectivity index is 2.66. The molecule has 0 fully saturated rings. The number of thioether (sulfide) groups is 1. The summed E-state index contributed by atoms with van der Waals surface area (Å²) < 4.78 is 59.1. The summed E-state index contributed by atoms with van der Waals surface area (Å²) in [5.74, 6) is -0.165. The number of sulfone groups is 1. The van der Waals surface area contributed by atoms with Crippen molar-refractivity contribution in [3.8, 4) is 0 Å². The molecule has 1 atom stereocenters. The van der Waals surface area contributed by atoms with E-state index in [0.717, 1.165) is 18.0 Å². The molecule has 0 radical (unpaired) electrons. The van der Waals surface area contributed by atoms with Crippen molar-refractivity contribution in [2.24, 2.45) is 0 Å². The smallest absolute Gasteiger partial charge is 0.224 e. The van der Waals surface area contributed by atoms with E-state index in [-0.39, 0.29) is 10.6 Å². The first-order valence-corrected chi connectivity index (χ1v) is 8.53. The molecule has 0 aliphatic rings. The molecule has 1 unspecified atom stereocenters. The Bertz CT molecular complexity index is 497. The predicted octanol–water partition coefficient (Wildman–Crippen LogP) is 3.51. The van der Waals surface area contributed by atoms with Crippen LogP contribution in [-0.4, -0.2) is 31.4 Å². The first-order chi connectivity index (χ1) is 8.10. The van der Waals surface area contributed by atoms with Gasteiger partial charge in [0.05, 0.1) is 4.90 Å². The van der Waals surface area contributed by atoms with E-state index in [1.807, 2.05) is 0 Å². The summed E-state index contributed by atoms with van der Waals surface area (Å²) in [5.41, 5.74) is 0. The average Bonchev–Trinajstić information content (AvgIpc) is 2.24. The first-order valence-electron chi connectivity index (χ1n) is 4.74. The van der Waals surface area contributed by atoms with E-state index in [4.69, 9.17) is 0 Å². The quantitative estimate of drug-likeness (QED) is 0.607. The van der Waals surface area contributed by atoms with E-state index in [1.54, 1.807) is 0 Å². The fourth-order valence-corrected chi connectivity index (χ4v) is 2.93. The van der Waals surface area contributed by atoms with E-state index < -0.39 is 20.8 Å². The van der Waals surface area contributed by atoms with Crippen molar-refractivity contribution in [1.82, 2.24) is 0 Å². The van der Waals surface area contributed by atoms with Crippen molar-refractivity contribution < 1.29 is 21.6 Å². The van der Waals surface area contributed by atoms with Crippen LogP contribution in [0.1, 0.15) is 0 Å². The zero-order chi connectivity index (χ0) is 14.0. The lowest BCUT2D eigenvalue weighted by molar-refractivity contribution is -0.122. The number of alkyl halides is 4. The summed E-state index contributed by atoms with van der Waals surface area (Å²) >= 11 is 3.57. The molecule has 0 aliphatic carbocycles. The Morgan fingerprint density at radius 3 is 2.17 bits per heavy atom. The highest BCUT2D eigenvalue weighted by Gasteiger charge is 2.37. The summed E-state index contributed by atoms with van der Waals surface area (Å²) in [6, 6.07) is 5.76. The van der Waals surface area contributed by atoms with Gasteiger partial charge in [0.1, 0.15) is 4.83 Å². The van der Waals surface area contributed by atoms with E-state index in [0.29, 0.717) is 4.90 Å². The Morgan fingerprint density at radius 2 is 1.78 bits per heavy atom. The molecule has 0 saturated carbocycles. The van der Waals surface area contributed by atoms with Gasteiger partial charge in [-0.2, -0.15) is 13.2 Å². The van der Waals surface area contributed by atoms with Crippen LogP contribution in [0.15, 0.2) is 34.1 Å². The van der Waals surface area contributed by atoms with Gasteiger partial charge in [-0.3, -0.25) is 0 Å². The highest BCUT2D eigenvalue weighted by Crippen LogP contribution is 2.31. The minimum absolute atomic E-state index is 0.151. The lowest BCUT2D eigenvalue weighted by Gasteiger charge is -2.13. The molecule has 1 rings (SSSR count). The minimum atomic E-state index is -4.28. The monoisotopic (exact) mass is 362 g/mol. The summed E-state index contributed by atoms with van der Waals surface area (Å²) in [6.45, 7) is 0. The zero-order valence-corrected chi connectivity index (χ0v) is 12.5. The molecule has 0 aliphatic heterocycles. The molecule has 102 valence electrons. The van der Waals surface area contributed by atoms with Crippen LogP contribution in [0.25, 0.3) is 0 Å². The number of hydrogen-bond donors (Lipinski definition) is 0. The van der Waals surface area contributed by atoms with Crippen LogP contribution < -0.4 is 0 Å². The van der Waals surface area contributed by atoms with Gasteiger partial charge in [0.2, 0.25) is 0 Å². The number of benzene rings is 1. The van der Waals surface area contributed by atoms with Crippen molar-refractivity contribution >= 4 is 37.5 Å². The van der Waals surface area contributed by atoms with Gasteiger partial charge < -0.3 is 0 Å². The lowest BCUT2D eigenvalue weighted by Crippen LogP contribution is -2.24. The Kier molecular flexibility index (Phi) is 5.13. The Hall–Kier alpha value is -0.210. The first kappa shape index (κ1) is 15.8. The highest BCUT2D eigenvalue weighted by molar-refractivity contribution is 9.09. The second-order valence-corrected chi connectivity index (χ2v) is 7.78. The molecule has 0 amide bonds. The van der Waals surface area contributed by atoms with Crippen molar-refractivity contribution in [2.75, 3.05) is 12.0 Å². The molecule has 0 bridgehead atoms. The molecule has 0 saturated heterocycles. The molecule has 2 nitrogen and oxygen atoms in total. The lowest BCUT2D eigenvalue weighted by atomic mass is 10.4. The van der Waals surface area contributed by atoms with E-state index >= 15 is 0 Å². The van der Waals surface area contributed by atoms with Crippen LogP contribution in [0.2, 0.25) is 0 Å². The van der Waals surface area contributed by atoms with Gasteiger partial charge >= 0.3 is 6.18 Å². The number of rotatable bonds is 4. The van der Waals surface area contributed by atoms with Crippen LogP contribution in [0, 0.1) is 0 Å². The standard InChI is InChI=1S/C10H10BrF3O2S2/c1-18(15,16)8-4-2-7(3-5-8)17-6-9(11)10(12,13)14/h2-5,9H,6H2,1H3. The molecule has 0 spiro atoms. The second kappa shape index (κ2) is 5.83. The van der Waals surface area contributed by atoms with Crippen molar-refractivity contribution in [2.45, 2.75) is 20.8 Å². The van der Waals surface area contributed by atoms with Crippen molar-refractivity contribution in [1.29, 1.82) is 0 Å². The van der Waals surface area contributed by atoms with Crippen LogP contribution in [-0.2, 0) is 9.84 Å². The summed E-state index contributed by atoms with van der Waals surface area (Å²) in [5, 5.41) is 0. The van der Waals surface area contributed by atoms with E-state index in [1.165, 1.54) is 24.3 Å². The Labute approximate surface area is 116 Å². The molecule has 1 aromatic carbocycles. The third-order valence-corrected chi connectivity index (χ3v) is 5.51. The molecule has 1 aromatic rings. The summed E-state index contributed by atoms with van der Waals surface area (Å²) in [6.07, 6.45) is -3.20. The van der Waals surface area contributed by atoms with Gasteiger partial charge in [0.25, 0.3) is 0 Å². The Morgan fingerprint density at radius 1 is 1.28 bits per heavy atom. The highest BCUT2D eigenvalue weighted by atomic mass is 79.9. The number of halogens is 4. The normalized spacial score (nSPS) is 14.5. The van der Waals surface area contributed by atoms with Crippen LogP contribution in [0.4, 0.5) is 13.2 Å². The van der Waals surface area contributed by atoms with Gasteiger partial charge in [0.15, 0.2) is 9.84 Å². The molecular formula is C10H10BrF3O2S2. The molecule has 0 aromatic heterocycles. The summed E-state index contributed by atoms with van der Waals surface area (Å²) in [7, 11) is -3.27. The van der Waals surface area contributed by atoms with Gasteiger partial charge in [0, 0.05) is 16.9 Å². The topological polar surface area (TPSA) is 34.1 Å². The van der Waals surface area contributed by atoms with Gasteiger partial charge in [-0.15, -0.1) is 11.8 Å². The van der Waals surface area contributed by atoms with Crippen molar-refractivity contribution in [3.63, 3.8) is 0 Å². The number of hydrogen-bond acceptors (Lipinski definition) is 3. The maximum atomic E-state index is 12.2. The SMILES string of the molecule is CS(=O)(=O)c1ccc(SCC(Br)C(F)(F)F)cc1. The molecule has 18 heavy (non-hydrogen) atoms. The van der Waals surface area contributed by atoms with E-state index in [2.05, 4.69) is 15.9 Å². The summed E-state index contributed by atoms with van der Waals surface area (Å²) in [4.78, 5) is -0.834. The largest absolute Gasteiger partial charge is 0.402 e. The minimum Gasteiger partial charge on any atom is -0.224 e. The van der Waals surface area contributed by atoms with Crippen LogP contribution >= 0.6 is 27.7 Å². The molecule has 0 heterocycles. The average molecular weight is 363 g/mol. The fraction of sp³-hybridized carbons (Fsp3) is 0.400. The van der Waals surface area contributed by atoms with Crippen LogP contribution in [0.5, 0.6) is 0 Å². The third-order valence-electron chi connectivity index (χ3n) is 2.00. The second-order valence-electron chi connectivity index (χ2n) is 3.56. The van der Waals surface area contributed by atoms with Crippen LogP contribution in [0.3, 0.4) is 0 Å². The molecular weight excluding hydrogens is 353 g/mol. The van der Waals surface area contributed by atoms with Crippen molar-refractivity contribution in [3.05, 3.63) is 24.3 Å². The van der Waals surface area contributed by atoms with Gasteiger partial charge in [-0.05, 0) is 24.3 Å². The predicted molar refractivity (Wildman–Crippen MR) is 69.0 cm³/mol. The molecule has 0 N–H and O–H groups in total. The van der Waals surface area contributed by atoms with Gasteiger partial charge in [-0.25, -0.2) is 8.42 Å². The molecule has 8 heteroatoms. The maximum Gasteiger partial charge on any atom is 0.402 e. The maximum absolute atomic E-state index is 12.2. The third kappa shape index (κ3) is 4.81. The van der Waals surface area contributed by atoms with Gasteiger partial charge in [-0.1, -0.05) is 15.9 Å².